The molecule has 3 rings (SSSR count). The number of hydrogen-bond donors (Lipinski definition) is 1. The van der Waals surface area contributed by atoms with Crippen molar-refractivity contribution in [3.63, 3.8) is 0 Å². The minimum atomic E-state index is -0.341. The number of amides is 2. The largest absolute Gasteiger partial charge is 0.487 e. The molecule has 136 valence electrons. The van der Waals surface area contributed by atoms with Gasteiger partial charge in [0, 0.05) is 19.4 Å². The highest BCUT2D eigenvalue weighted by Crippen LogP contribution is 2.33. The van der Waals surface area contributed by atoms with E-state index in [1.165, 1.54) is 12.1 Å². The van der Waals surface area contributed by atoms with Crippen LogP contribution >= 0.6 is 0 Å². The average Bonchev–Trinajstić information content (AvgIpc) is 2.63. The molecule has 2 aromatic rings. The summed E-state index contributed by atoms with van der Waals surface area (Å²) in [5.41, 5.74) is 1.41. The fourth-order valence-corrected chi connectivity index (χ4v) is 2.92. The van der Waals surface area contributed by atoms with E-state index >= 15 is 0 Å². The molecule has 26 heavy (non-hydrogen) atoms. The number of rotatable bonds is 5. The number of anilines is 1. The van der Waals surface area contributed by atoms with Crippen LogP contribution in [0.15, 0.2) is 48.5 Å². The number of nitrogens with zero attached hydrogens (tertiary/aromatic N) is 1. The van der Waals surface area contributed by atoms with Crippen molar-refractivity contribution in [2.24, 2.45) is 0 Å². The number of para-hydroxylation sites is 2. The topological polar surface area (TPSA) is 58.6 Å². The van der Waals surface area contributed by atoms with Gasteiger partial charge in [-0.15, -0.1) is 0 Å². The molecule has 0 saturated heterocycles. The molecule has 0 unspecified atom stereocenters. The fraction of sp³-hybridized carbons (Fsp3) is 0.300. The van der Waals surface area contributed by atoms with Gasteiger partial charge in [0.15, 0.2) is 0 Å². The number of benzene rings is 2. The average molecular weight is 356 g/mol. The van der Waals surface area contributed by atoms with Gasteiger partial charge in [-0.3, -0.25) is 9.59 Å². The lowest BCUT2D eigenvalue weighted by Crippen LogP contribution is -2.42. The van der Waals surface area contributed by atoms with Gasteiger partial charge in [-0.25, -0.2) is 4.39 Å². The molecule has 2 aromatic carbocycles. The Morgan fingerprint density at radius 2 is 2.00 bits per heavy atom. The molecule has 0 aromatic heterocycles. The first-order chi connectivity index (χ1) is 12.5. The highest BCUT2D eigenvalue weighted by Gasteiger charge is 2.27. The summed E-state index contributed by atoms with van der Waals surface area (Å²) in [6.45, 7) is 2.60. The van der Waals surface area contributed by atoms with Crippen molar-refractivity contribution in [3.05, 3.63) is 59.9 Å². The zero-order valence-corrected chi connectivity index (χ0v) is 14.6. The van der Waals surface area contributed by atoms with E-state index in [1.807, 2.05) is 31.2 Å². The minimum absolute atomic E-state index is 0.0854. The lowest BCUT2D eigenvalue weighted by Gasteiger charge is -2.33. The van der Waals surface area contributed by atoms with Gasteiger partial charge in [-0.1, -0.05) is 24.3 Å². The number of carbonyl (C=O) groups is 2. The Bertz CT molecular complexity index is 809. The normalized spacial score (nSPS) is 15.8. The maximum Gasteiger partial charge on any atom is 0.227 e. The van der Waals surface area contributed by atoms with Gasteiger partial charge < -0.3 is 15.0 Å². The van der Waals surface area contributed by atoms with E-state index in [2.05, 4.69) is 5.32 Å². The third-order valence-corrected chi connectivity index (χ3v) is 4.17. The van der Waals surface area contributed by atoms with Crippen LogP contribution in [-0.4, -0.2) is 24.5 Å². The number of halogens is 1. The lowest BCUT2D eigenvalue weighted by molar-refractivity contribution is -0.125. The number of nitrogens with one attached hydrogen (secondary N) is 1. The van der Waals surface area contributed by atoms with E-state index < -0.39 is 0 Å². The Morgan fingerprint density at radius 1 is 1.19 bits per heavy atom. The minimum Gasteiger partial charge on any atom is -0.487 e. The summed E-state index contributed by atoms with van der Waals surface area (Å²) >= 11 is 0. The van der Waals surface area contributed by atoms with Gasteiger partial charge >= 0.3 is 0 Å². The molecule has 2 amide bonds. The Labute approximate surface area is 151 Å². The quantitative estimate of drug-likeness (QED) is 0.896. The van der Waals surface area contributed by atoms with Crippen molar-refractivity contribution < 1.29 is 18.7 Å². The molecule has 0 bridgehead atoms. The second kappa shape index (κ2) is 7.99. The van der Waals surface area contributed by atoms with Crippen LogP contribution in [0.4, 0.5) is 10.1 Å². The molecule has 0 aliphatic carbocycles. The zero-order valence-electron chi connectivity index (χ0n) is 14.6. The first-order valence-electron chi connectivity index (χ1n) is 8.60. The summed E-state index contributed by atoms with van der Waals surface area (Å²) < 4.78 is 18.9. The van der Waals surface area contributed by atoms with Crippen LogP contribution in [0.1, 0.15) is 25.3 Å². The fourth-order valence-electron chi connectivity index (χ4n) is 2.92. The number of fused-ring (bicyclic) bond motifs is 1. The van der Waals surface area contributed by atoms with Crippen LogP contribution in [0.25, 0.3) is 0 Å². The molecule has 0 radical (unpaired) electrons. The van der Waals surface area contributed by atoms with Crippen molar-refractivity contribution >= 4 is 17.5 Å². The van der Waals surface area contributed by atoms with E-state index in [4.69, 9.17) is 4.74 Å². The first-order valence-corrected chi connectivity index (χ1v) is 8.60. The summed E-state index contributed by atoms with van der Waals surface area (Å²) in [5.74, 6) is -0.0205. The second-order valence-corrected chi connectivity index (χ2v) is 6.31. The summed E-state index contributed by atoms with van der Waals surface area (Å²) in [6.07, 6.45) is 0.0913. The highest BCUT2D eigenvalue weighted by molar-refractivity contribution is 5.97. The molecule has 0 spiro atoms. The van der Waals surface area contributed by atoms with Crippen LogP contribution in [0.3, 0.4) is 0 Å². The van der Waals surface area contributed by atoms with Gasteiger partial charge in [-0.05, 0) is 36.8 Å². The molecule has 1 aliphatic heterocycles. The summed E-state index contributed by atoms with van der Waals surface area (Å²) in [7, 11) is 0. The third kappa shape index (κ3) is 4.39. The molecule has 6 heteroatoms. The second-order valence-electron chi connectivity index (χ2n) is 6.31. The van der Waals surface area contributed by atoms with E-state index in [9.17, 15) is 14.0 Å². The molecule has 1 heterocycles. The van der Waals surface area contributed by atoms with Crippen LogP contribution in [0, 0.1) is 5.82 Å². The molecule has 1 aliphatic rings. The Kier molecular flexibility index (Phi) is 5.51. The SMILES string of the molecule is C[C@@H]1CN(C(=O)CCC(=O)NCc2cccc(F)c2)c2ccccc2O1. The number of ether oxygens (including phenoxy) is 1. The highest BCUT2D eigenvalue weighted by atomic mass is 19.1. The van der Waals surface area contributed by atoms with Gasteiger partial charge in [-0.2, -0.15) is 0 Å². The van der Waals surface area contributed by atoms with E-state index in [-0.39, 0.29) is 43.1 Å². The lowest BCUT2D eigenvalue weighted by atomic mass is 10.1. The van der Waals surface area contributed by atoms with Gasteiger partial charge in [0.25, 0.3) is 0 Å². The molecular formula is C20H21FN2O3. The van der Waals surface area contributed by atoms with E-state index in [0.29, 0.717) is 17.9 Å². The molecule has 1 N–H and O–H groups in total. The first kappa shape index (κ1) is 17.9. The van der Waals surface area contributed by atoms with Crippen molar-refractivity contribution in [3.8, 4) is 5.75 Å². The molecule has 0 saturated carbocycles. The van der Waals surface area contributed by atoms with Crippen molar-refractivity contribution in [1.29, 1.82) is 0 Å². The van der Waals surface area contributed by atoms with Crippen LogP contribution < -0.4 is 15.0 Å². The maximum atomic E-state index is 13.1. The number of carbonyl (C=O) groups excluding carboxylic acids is 2. The van der Waals surface area contributed by atoms with Gasteiger partial charge in [0.1, 0.15) is 17.7 Å². The summed E-state index contributed by atoms with van der Waals surface area (Å²) in [6, 6.07) is 13.4. The molecular weight excluding hydrogens is 335 g/mol. The Morgan fingerprint density at radius 3 is 2.81 bits per heavy atom. The van der Waals surface area contributed by atoms with Gasteiger partial charge in [0.05, 0.1) is 12.2 Å². The molecule has 5 nitrogen and oxygen atoms in total. The van der Waals surface area contributed by atoms with E-state index in [1.54, 1.807) is 17.0 Å². The summed E-state index contributed by atoms with van der Waals surface area (Å²) in [4.78, 5) is 26.2. The van der Waals surface area contributed by atoms with Crippen molar-refractivity contribution in [2.45, 2.75) is 32.4 Å². The predicted octanol–water partition coefficient (Wildman–Crippen LogP) is 3.04. The Balaban J connectivity index is 1.53. The van der Waals surface area contributed by atoms with Gasteiger partial charge in [0.2, 0.25) is 11.8 Å². The van der Waals surface area contributed by atoms with Crippen LogP contribution in [0.5, 0.6) is 5.75 Å². The molecule has 0 fully saturated rings. The van der Waals surface area contributed by atoms with Crippen molar-refractivity contribution in [2.75, 3.05) is 11.4 Å². The third-order valence-electron chi connectivity index (χ3n) is 4.17. The monoisotopic (exact) mass is 356 g/mol. The number of hydrogen-bond acceptors (Lipinski definition) is 3. The smallest absolute Gasteiger partial charge is 0.227 e. The summed E-state index contributed by atoms with van der Waals surface area (Å²) in [5, 5.41) is 2.71. The van der Waals surface area contributed by atoms with Crippen LogP contribution in [0.2, 0.25) is 0 Å². The van der Waals surface area contributed by atoms with Crippen molar-refractivity contribution in [1.82, 2.24) is 5.32 Å². The van der Waals surface area contributed by atoms with E-state index in [0.717, 1.165) is 5.69 Å². The molecule has 1 atom stereocenters. The van der Waals surface area contributed by atoms with Crippen LogP contribution in [-0.2, 0) is 16.1 Å². The predicted molar refractivity (Wildman–Crippen MR) is 96.4 cm³/mol. The maximum absolute atomic E-state index is 13.1. The Hall–Kier alpha value is -2.89. The standard InChI is InChI=1S/C20H21FN2O3/c1-14-13-23(17-7-2-3-8-18(17)26-14)20(25)10-9-19(24)22-12-15-5-4-6-16(21)11-15/h2-8,11,14H,9-10,12-13H2,1H3,(H,22,24)/t14-/m1/s1. The zero-order chi connectivity index (χ0) is 18.5.